The van der Waals surface area contributed by atoms with Crippen molar-refractivity contribution in [3.63, 3.8) is 0 Å². The second-order valence-corrected chi connectivity index (χ2v) is 12.2. The highest BCUT2D eigenvalue weighted by Gasteiger charge is 2.46. The van der Waals surface area contributed by atoms with Crippen LogP contribution in [-0.4, -0.2) is 65.3 Å². The van der Waals surface area contributed by atoms with Gasteiger partial charge < -0.3 is 15.4 Å². The van der Waals surface area contributed by atoms with Crippen molar-refractivity contribution in [2.45, 2.75) is 41.7 Å². The third-order valence-corrected chi connectivity index (χ3v) is 9.63. The molecule has 2 fully saturated rings. The van der Waals surface area contributed by atoms with Gasteiger partial charge in [0.2, 0.25) is 0 Å². The molecule has 2 saturated heterocycles. The number of carbonyl (C=O) groups is 2. The Labute approximate surface area is 252 Å². The minimum atomic E-state index is -0.775. The molecule has 2 aliphatic heterocycles. The molecule has 2 heterocycles. The number of piperidine rings is 1. The summed E-state index contributed by atoms with van der Waals surface area (Å²) in [5.74, 6) is -0.191. The first kappa shape index (κ1) is 29.5. The van der Waals surface area contributed by atoms with Gasteiger partial charge in [-0.05, 0) is 42.4 Å². The van der Waals surface area contributed by atoms with Crippen LogP contribution >= 0.6 is 11.8 Å². The second-order valence-electron chi connectivity index (χ2n) is 10.6. The van der Waals surface area contributed by atoms with Gasteiger partial charge in [-0.3, -0.25) is 9.69 Å². The van der Waals surface area contributed by atoms with Crippen molar-refractivity contribution in [1.82, 2.24) is 9.80 Å². The Morgan fingerprint density at radius 3 is 1.93 bits per heavy atom. The maximum atomic E-state index is 13.6. The predicted molar refractivity (Wildman–Crippen MR) is 169 cm³/mol. The third-order valence-electron chi connectivity index (χ3n) is 7.90. The van der Waals surface area contributed by atoms with Gasteiger partial charge in [0.05, 0.1) is 4.75 Å². The number of nitrogens with two attached hydrogens (primary N) is 1. The molecule has 2 atom stereocenters. The molecule has 2 aliphatic rings. The van der Waals surface area contributed by atoms with Gasteiger partial charge in [0, 0.05) is 24.9 Å². The van der Waals surface area contributed by atoms with E-state index >= 15 is 0 Å². The van der Waals surface area contributed by atoms with E-state index in [2.05, 4.69) is 84.4 Å². The quantitative estimate of drug-likeness (QED) is 0.156. The van der Waals surface area contributed by atoms with Gasteiger partial charge in [-0.25, -0.2) is 4.79 Å². The predicted octanol–water partition coefficient (Wildman–Crippen LogP) is 5.80. The Morgan fingerprint density at radius 2 is 1.43 bits per heavy atom. The number of thioether (sulfide) groups is 1. The molecule has 3 aromatic carbocycles. The molecular weight excluding hydrogens is 544 g/mol. The number of likely N-dealkylation sites (tertiary alicyclic amines) is 2. The van der Waals surface area contributed by atoms with Crippen LogP contribution in [0.25, 0.3) is 0 Å². The number of guanidine groups is 1. The topological polar surface area (TPSA) is 88.2 Å². The van der Waals surface area contributed by atoms with Gasteiger partial charge in [0.25, 0.3) is 5.91 Å². The van der Waals surface area contributed by atoms with Gasteiger partial charge in [-0.2, -0.15) is 4.99 Å². The van der Waals surface area contributed by atoms with Gasteiger partial charge in [-0.1, -0.05) is 104 Å². The van der Waals surface area contributed by atoms with Crippen molar-refractivity contribution in [1.29, 1.82) is 0 Å². The Balaban J connectivity index is 1.52. The van der Waals surface area contributed by atoms with Crippen LogP contribution in [-0.2, 0) is 14.3 Å². The fraction of sp³-hybridized carbons (Fsp3) is 0.324. The monoisotopic (exact) mass is 582 g/mol. The van der Waals surface area contributed by atoms with E-state index < -0.39 is 22.8 Å². The molecule has 2 N–H and O–H groups in total. The first-order chi connectivity index (χ1) is 20.5. The van der Waals surface area contributed by atoms with Gasteiger partial charge in [0.1, 0.15) is 12.6 Å². The molecule has 0 unspecified atom stereocenters. The van der Waals surface area contributed by atoms with Crippen LogP contribution in [0.2, 0.25) is 0 Å². The first-order valence-corrected chi connectivity index (χ1v) is 15.4. The molecule has 0 spiro atoms. The van der Waals surface area contributed by atoms with E-state index in [-0.39, 0.29) is 17.8 Å². The average Bonchev–Trinajstić information content (AvgIpc) is 3.48. The smallest absolute Gasteiger partial charge is 0.410 e. The second kappa shape index (κ2) is 13.7. The lowest BCUT2D eigenvalue weighted by Crippen LogP contribution is -2.44. The Bertz CT molecular complexity index is 1280. The molecule has 5 rings (SSSR count). The summed E-state index contributed by atoms with van der Waals surface area (Å²) >= 11 is 1.76. The summed E-state index contributed by atoms with van der Waals surface area (Å²) in [5.41, 5.74) is 9.65. The van der Waals surface area contributed by atoms with Crippen LogP contribution in [0.3, 0.4) is 0 Å². The van der Waals surface area contributed by atoms with Crippen molar-refractivity contribution >= 4 is 29.7 Å². The van der Waals surface area contributed by atoms with E-state index in [1.165, 1.54) is 11.0 Å². The van der Waals surface area contributed by atoms with E-state index in [1.807, 2.05) is 23.1 Å². The summed E-state index contributed by atoms with van der Waals surface area (Å²) in [4.78, 5) is 34.6. The first-order valence-electron chi connectivity index (χ1n) is 14.5. The Kier molecular flexibility index (Phi) is 9.64. The molecule has 218 valence electrons. The van der Waals surface area contributed by atoms with Crippen LogP contribution < -0.4 is 5.73 Å². The number of carbonyl (C=O) groups excluding carboxylic acids is 2. The van der Waals surface area contributed by atoms with Gasteiger partial charge in [0.15, 0.2) is 5.96 Å². The highest BCUT2D eigenvalue weighted by molar-refractivity contribution is 8.01. The summed E-state index contributed by atoms with van der Waals surface area (Å²) in [5, 5.41) is -0.0951. The molecule has 8 heteroatoms. The number of benzene rings is 3. The number of hydrogen-bond acceptors (Lipinski definition) is 4. The molecule has 42 heavy (non-hydrogen) atoms. The molecule has 3 aromatic rings. The fourth-order valence-corrected chi connectivity index (χ4v) is 7.72. The summed E-state index contributed by atoms with van der Waals surface area (Å²) in [7, 11) is 0. The maximum absolute atomic E-state index is 13.6. The highest BCUT2D eigenvalue weighted by atomic mass is 32.2. The van der Waals surface area contributed by atoms with Crippen molar-refractivity contribution in [3.8, 4) is 0 Å². The van der Waals surface area contributed by atoms with Crippen LogP contribution in [0, 0.1) is 0 Å². The van der Waals surface area contributed by atoms with Crippen LogP contribution in [0.4, 0.5) is 4.79 Å². The lowest BCUT2D eigenvalue weighted by Gasteiger charge is -2.37. The number of nitrogens with zero attached hydrogens (tertiary/aromatic N) is 3. The normalized spacial score (nSPS) is 19.4. The highest BCUT2D eigenvalue weighted by Crippen LogP contribution is 2.52. The van der Waals surface area contributed by atoms with Crippen molar-refractivity contribution in [2.24, 2.45) is 10.7 Å². The van der Waals surface area contributed by atoms with Crippen LogP contribution in [0.1, 0.15) is 42.4 Å². The van der Waals surface area contributed by atoms with E-state index in [1.54, 1.807) is 11.8 Å². The van der Waals surface area contributed by atoms with Crippen molar-refractivity contribution in [3.05, 3.63) is 120 Å². The molecule has 0 bridgehead atoms. The number of rotatable bonds is 8. The van der Waals surface area contributed by atoms with Crippen LogP contribution in [0.15, 0.2) is 109 Å². The zero-order valence-electron chi connectivity index (χ0n) is 23.8. The zero-order valence-corrected chi connectivity index (χ0v) is 24.6. The Morgan fingerprint density at radius 1 is 0.905 bits per heavy atom. The van der Waals surface area contributed by atoms with Crippen LogP contribution in [0.5, 0.6) is 0 Å². The molecule has 0 radical (unpaired) electrons. The number of aliphatic imine (C=N–C) groups is 1. The SMILES string of the molecule is C=CCOC(=O)N1C[C@@H](SC(c2ccccc2)(c2ccccc2)c2ccccc2)C[C@H]1C(=O)N=C(N)N1CCCCC1. The fourth-order valence-electron chi connectivity index (χ4n) is 5.89. The van der Waals surface area contributed by atoms with Crippen molar-refractivity contribution < 1.29 is 14.3 Å². The molecular formula is C34H38N4O3S. The standard InChI is InChI=1S/C34H38N4O3S/c1-2-23-41-33(40)38-25-29(24-30(38)31(39)36-32(35)37-21-13-6-14-22-37)42-34(26-15-7-3-8-16-26,27-17-9-4-10-18-27)28-19-11-5-12-20-28/h2-5,7-12,15-20,29-30H,1,6,13-14,21-25H2,(H2,35,36,39)/t29-,30-/m0/s1. The third kappa shape index (κ3) is 6.39. The average molecular weight is 583 g/mol. The summed E-state index contributed by atoms with van der Waals surface area (Å²) < 4.78 is 4.84. The summed E-state index contributed by atoms with van der Waals surface area (Å²) in [6.07, 6.45) is 4.59. The summed E-state index contributed by atoms with van der Waals surface area (Å²) in [6.45, 7) is 5.63. The van der Waals surface area contributed by atoms with E-state index in [4.69, 9.17) is 10.5 Å². The molecule has 0 saturated carbocycles. The van der Waals surface area contributed by atoms with Gasteiger partial charge >= 0.3 is 6.09 Å². The molecule has 0 aromatic heterocycles. The van der Waals surface area contributed by atoms with E-state index in [9.17, 15) is 9.59 Å². The lowest BCUT2D eigenvalue weighted by atomic mass is 9.84. The number of ether oxygens (including phenoxy) is 1. The number of hydrogen-bond donors (Lipinski definition) is 1. The minimum Gasteiger partial charge on any atom is -0.445 e. The lowest BCUT2D eigenvalue weighted by molar-refractivity contribution is -0.121. The maximum Gasteiger partial charge on any atom is 0.410 e. The van der Waals surface area contributed by atoms with E-state index in [0.29, 0.717) is 13.0 Å². The molecule has 0 aliphatic carbocycles. The summed E-state index contributed by atoms with van der Waals surface area (Å²) in [6, 6.07) is 30.4. The number of amides is 2. The largest absolute Gasteiger partial charge is 0.445 e. The van der Waals surface area contributed by atoms with Crippen molar-refractivity contribution in [2.75, 3.05) is 26.2 Å². The zero-order chi connectivity index (χ0) is 29.4. The minimum absolute atomic E-state index is 0.0647. The molecule has 7 nitrogen and oxygen atoms in total. The Hall–Kier alpha value is -4.04. The van der Waals surface area contributed by atoms with E-state index in [0.717, 1.165) is 49.0 Å². The van der Waals surface area contributed by atoms with Gasteiger partial charge in [-0.15, -0.1) is 11.8 Å². The molecule has 2 amide bonds.